The molecule has 0 radical (unpaired) electrons. The van der Waals surface area contributed by atoms with Crippen LogP contribution >= 0.6 is 40.3 Å². The number of thioether (sulfide) groups is 1. The van der Waals surface area contributed by atoms with E-state index in [4.69, 9.17) is 11.6 Å². The smallest absolute Gasteiger partial charge is 0.318 e. The Labute approximate surface area is 152 Å². The van der Waals surface area contributed by atoms with E-state index >= 15 is 0 Å². The summed E-state index contributed by atoms with van der Waals surface area (Å²) in [5.41, 5.74) is 0.579. The largest absolute Gasteiger partial charge is 0.417 e. The molecule has 0 bridgehead atoms. The Balaban J connectivity index is 0.00000192. The quantitative estimate of drug-likeness (QED) is 0.603. The topological polar surface area (TPSA) is 15.6 Å². The molecule has 0 amide bonds. The fourth-order valence-electron chi connectivity index (χ4n) is 2.58. The third kappa shape index (κ3) is 3.42. The number of halogens is 5. The second-order valence-electron chi connectivity index (χ2n) is 5.48. The summed E-state index contributed by atoms with van der Waals surface area (Å²) in [5, 5.41) is 0.603. The van der Waals surface area contributed by atoms with Gasteiger partial charge in [-0.05, 0) is 23.6 Å². The van der Waals surface area contributed by atoms with Crippen molar-refractivity contribution >= 4 is 51.2 Å². The van der Waals surface area contributed by atoms with E-state index in [9.17, 15) is 13.2 Å². The van der Waals surface area contributed by atoms with Crippen molar-refractivity contribution in [1.82, 2.24) is 4.90 Å². The predicted molar refractivity (Wildman–Crippen MR) is 95.1 cm³/mol. The SMILES string of the molecule is Br.CC(C)C1=C(c2ccc(Cl)c(C(F)(F)F)c2)N2CCN=C2S1. The number of hydrogen-bond acceptors (Lipinski definition) is 3. The molecule has 126 valence electrons. The molecule has 0 aliphatic carbocycles. The van der Waals surface area contributed by atoms with E-state index in [0.717, 1.165) is 21.8 Å². The van der Waals surface area contributed by atoms with Gasteiger partial charge in [-0.15, -0.1) is 17.0 Å². The van der Waals surface area contributed by atoms with E-state index in [1.54, 1.807) is 17.8 Å². The lowest BCUT2D eigenvalue weighted by Crippen LogP contribution is -2.20. The highest BCUT2D eigenvalue weighted by Gasteiger charge is 2.37. The maximum absolute atomic E-state index is 13.1. The number of fused-ring (bicyclic) bond motifs is 1. The number of aliphatic imine (C=N–C) groups is 1. The summed E-state index contributed by atoms with van der Waals surface area (Å²) in [6.45, 7) is 5.45. The molecule has 2 heterocycles. The van der Waals surface area contributed by atoms with E-state index in [1.807, 2.05) is 18.7 Å². The van der Waals surface area contributed by atoms with Gasteiger partial charge in [-0.25, -0.2) is 0 Å². The normalized spacial score (nSPS) is 17.5. The van der Waals surface area contributed by atoms with Crippen LogP contribution in [0.3, 0.4) is 0 Å². The Kier molecular flexibility index (Phi) is 5.43. The van der Waals surface area contributed by atoms with Crippen LogP contribution in [-0.2, 0) is 6.18 Å². The standard InChI is InChI=1S/C15H14ClF3N2S.BrH/c1-8(2)13-12(21-6-5-20-14(21)22-13)9-3-4-11(16)10(7-9)15(17,18)19;/h3-4,7-8H,5-6H2,1-2H3;1H. The molecule has 0 unspecified atom stereocenters. The van der Waals surface area contributed by atoms with Crippen molar-refractivity contribution in [1.29, 1.82) is 0 Å². The first kappa shape index (κ1) is 18.7. The van der Waals surface area contributed by atoms with E-state index in [1.165, 1.54) is 6.07 Å². The van der Waals surface area contributed by atoms with E-state index < -0.39 is 11.7 Å². The van der Waals surface area contributed by atoms with Crippen LogP contribution in [0.5, 0.6) is 0 Å². The summed E-state index contributed by atoms with van der Waals surface area (Å²) in [6, 6.07) is 4.11. The van der Waals surface area contributed by atoms with Crippen LogP contribution in [0.15, 0.2) is 28.1 Å². The molecular formula is C15H15BrClF3N2S. The summed E-state index contributed by atoms with van der Waals surface area (Å²) >= 11 is 7.27. The zero-order chi connectivity index (χ0) is 16.1. The summed E-state index contributed by atoms with van der Waals surface area (Å²) in [5.74, 6) is 0.221. The fraction of sp³-hybridized carbons (Fsp3) is 0.400. The van der Waals surface area contributed by atoms with Crippen LogP contribution in [0, 0.1) is 5.92 Å². The van der Waals surface area contributed by atoms with Gasteiger partial charge in [0.2, 0.25) is 0 Å². The van der Waals surface area contributed by atoms with Gasteiger partial charge in [-0.1, -0.05) is 43.3 Å². The molecule has 0 saturated heterocycles. The van der Waals surface area contributed by atoms with Crippen molar-refractivity contribution in [3.63, 3.8) is 0 Å². The number of alkyl halides is 3. The first-order valence-electron chi connectivity index (χ1n) is 6.90. The Morgan fingerprint density at radius 2 is 2.00 bits per heavy atom. The summed E-state index contributed by atoms with van der Waals surface area (Å²) in [7, 11) is 0. The first-order valence-corrected chi connectivity index (χ1v) is 8.09. The average Bonchev–Trinajstić information content (AvgIpc) is 2.98. The highest BCUT2D eigenvalue weighted by molar-refractivity contribution is 8.93. The third-order valence-corrected chi connectivity index (χ3v) is 5.32. The molecule has 2 nitrogen and oxygen atoms in total. The Hall–Kier alpha value is -0.660. The number of allylic oxidation sites excluding steroid dienone is 1. The van der Waals surface area contributed by atoms with Crippen LogP contribution in [0.1, 0.15) is 25.0 Å². The minimum absolute atomic E-state index is 0. The van der Waals surface area contributed by atoms with Gasteiger partial charge in [0.25, 0.3) is 0 Å². The van der Waals surface area contributed by atoms with Gasteiger partial charge in [0.1, 0.15) is 0 Å². The van der Waals surface area contributed by atoms with Crippen LogP contribution < -0.4 is 0 Å². The zero-order valence-corrected chi connectivity index (χ0v) is 15.7. The van der Waals surface area contributed by atoms with Crippen molar-refractivity contribution in [2.24, 2.45) is 10.9 Å². The van der Waals surface area contributed by atoms with E-state index in [2.05, 4.69) is 4.99 Å². The molecule has 0 saturated carbocycles. The second-order valence-corrected chi connectivity index (χ2v) is 6.89. The van der Waals surface area contributed by atoms with E-state index in [0.29, 0.717) is 18.7 Å². The molecule has 8 heteroatoms. The van der Waals surface area contributed by atoms with Crippen molar-refractivity contribution in [3.8, 4) is 0 Å². The molecule has 3 rings (SSSR count). The third-order valence-electron chi connectivity index (χ3n) is 3.58. The Morgan fingerprint density at radius 3 is 2.61 bits per heavy atom. The lowest BCUT2D eigenvalue weighted by molar-refractivity contribution is -0.137. The molecule has 0 atom stereocenters. The molecule has 2 aliphatic rings. The van der Waals surface area contributed by atoms with Crippen LogP contribution in [0.4, 0.5) is 13.2 Å². The monoisotopic (exact) mass is 426 g/mol. The zero-order valence-electron chi connectivity index (χ0n) is 12.4. The molecule has 23 heavy (non-hydrogen) atoms. The van der Waals surface area contributed by atoms with Crippen molar-refractivity contribution in [3.05, 3.63) is 39.3 Å². The molecule has 0 N–H and O–H groups in total. The number of nitrogens with zero attached hydrogens (tertiary/aromatic N) is 2. The van der Waals surface area contributed by atoms with Gasteiger partial charge < -0.3 is 4.90 Å². The van der Waals surface area contributed by atoms with Crippen LogP contribution in [0.2, 0.25) is 5.02 Å². The van der Waals surface area contributed by atoms with Crippen LogP contribution in [-0.4, -0.2) is 23.2 Å². The molecule has 0 fully saturated rings. The Morgan fingerprint density at radius 1 is 1.30 bits per heavy atom. The van der Waals surface area contributed by atoms with Gasteiger partial charge in [-0.2, -0.15) is 13.2 Å². The van der Waals surface area contributed by atoms with Gasteiger partial charge in [0, 0.05) is 11.4 Å². The molecule has 1 aromatic rings. The maximum Gasteiger partial charge on any atom is 0.417 e. The molecule has 2 aliphatic heterocycles. The van der Waals surface area contributed by atoms with Gasteiger partial charge in [0.05, 0.1) is 22.8 Å². The van der Waals surface area contributed by atoms with Crippen molar-refractivity contribution in [2.45, 2.75) is 20.0 Å². The highest BCUT2D eigenvalue weighted by Crippen LogP contribution is 2.46. The fourth-order valence-corrected chi connectivity index (χ4v) is 4.01. The highest BCUT2D eigenvalue weighted by atomic mass is 79.9. The summed E-state index contributed by atoms with van der Waals surface area (Å²) in [4.78, 5) is 7.46. The average molecular weight is 428 g/mol. The number of benzene rings is 1. The van der Waals surface area contributed by atoms with Crippen molar-refractivity contribution in [2.75, 3.05) is 13.1 Å². The summed E-state index contributed by atoms with van der Waals surface area (Å²) < 4.78 is 39.3. The van der Waals surface area contributed by atoms with Gasteiger partial charge >= 0.3 is 6.18 Å². The first-order chi connectivity index (χ1) is 10.3. The minimum atomic E-state index is -4.46. The molecule has 0 spiro atoms. The molecule has 1 aromatic carbocycles. The lowest BCUT2D eigenvalue weighted by atomic mass is 10.0. The van der Waals surface area contributed by atoms with E-state index in [-0.39, 0.29) is 27.9 Å². The van der Waals surface area contributed by atoms with Crippen LogP contribution in [0.25, 0.3) is 5.70 Å². The number of rotatable bonds is 2. The Bertz CT molecular complexity index is 686. The van der Waals surface area contributed by atoms with Gasteiger partial charge in [-0.3, -0.25) is 4.99 Å². The lowest BCUT2D eigenvalue weighted by Gasteiger charge is -2.20. The minimum Gasteiger partial charge on any atom is -0.318 e. The summed E-state index contributed by atoms with van der Waals surface area (Å²) in [6.07, 6.45) is -4.46. The maximum atomic E-state index is 13.1. The number of hydrogen-bond donors (Lipinski definition) is 0. The molecule has 0 aromatic heterocycles. The molecular weight excluding hydrogens is 413 g/mol. The number of amidine groups is 1. The predicted octanol–water partition coefficient (Wildman–Crippen LogP) is 5.68. The second kappa shape index (κ2) is 6.69. The van der Waals surface area contributed by atoms with Crippen molar-refractivity contribution < 1.29 is 13.2 Å². The van der Waals surface area contributed by atoms with Gasteiger partial charge in [0.15, 0.2) is 5.17 Å².